The van der Waals surface area contributed by atoms with Gasteiger partial charge in [0.2, 0.25) is 10.0 Å². The van der Waals surface area contributed by atoms with E-state index in [1.807, 2.05) is 6.92 Å². The van der Waals surface area contributed by atoms with Crippen LogP contribution in [0.15, 0.2) is 18.2 Å². The van der Waals surface area contributed by atoms with Crippen molar-refractivity contribution in [3.05, 3.63) is 29.3 Å². The molecule has 0 fully saturated rings. The van der Waals surface area contributed by atoms with Crippen LogP contribution in [0.2, 0.25) is 0 Å². The Bertz CT molecular complexity index is 598. The molecule has 0 spiro atoms. The SMILES string of the molecule is C[C@H]1Cc2cc(C(=O)NN)ccc2N1S(C)(=O)=O. The van der Waals surface area contributed by atoms with Crippen LogP contribution in [0.3, 0.4) is 0 Å². The molecule has 1 amide bonds. The van der Waals surface area contributed by atoms with E-state index in [4.69, 9.17) is 5.84 Å². The van der Waals surface area contributed by atoms with Crippen molar-refractivity contribution in [1.82, 2.24) is 5.43 Å². The first-order chi connectivity index (χ1) is 8.34. The number of carbonyl (C=O) groups is 1. The Labute approximate surface area is 106 Å². The molecule has 1 aromatic carbocycles. The Balaban J connectivity index is 2.48. The fourth-order valence-corrected chi connectivity index (χ4v) is 3.60. The van der Waals surface area contributed by atoms with Gasteiger partial charge in [0.1, 0.15) is 0 Å². The lowest BCUT2D eigenvalue weighted by molar-refractivity contribution is 0.0953. The van der Waals surface area contributed by atoms with E-state index in [9.17, 15) is 13.2 Å². The molecule has 1 aliphatic rings. The Hall–Kier alpha value is -1.60. The van der Waals surface area contributed by atoms with E-state index < -0.39 is 10.0 Å². The molecule has 18 heavy (non-hydrogen) atoms. The molecular formula is C11H15N3O3S. The third-order valence-corrected chi connectivity index (χ3v) is 4.25. The molecule has 0 unspecified atom stereocenters. The van der Waals surface area contributed by atoms with Crippen molar-refractivity contribution in [2.24, 2.45) is 5.84 Å². The molecule has 7 heteroatoms. The van der Waals surface area contributed by atoms with E-state index in [0.29, 0.717) is 17.7 Å². The average Bonchev–Trinajstić information content (AvgIpc) is 2.62. The van der Waals surface area contributed by atoms with Gasteiger partial charge in [-0.1, -0.05) is 0 Å². The van der Waals surface area contributed by atoms with Gasteiger partial charge >= 0.3 is 0 Å². The molecule has 6 nitrogen and oxygen atoms in total. The molecule has 0 radical (unpaired) electrons. The largest absolute Gasteiger partial charge is 0.290 e. The number of nitrogens with two attached hydrogens (primary N) is 1. The molecule has 3 N–H and O–H groups in total. The summed E-state index contributed by atoms with van der Waals surface area (Å²) in [7, 11) is -3.30. The Morgan fingerprint density at radius 1 is 1.50 bits per heavy atom. The monoisotopic (exact) mass is 269 g/mol. The van der Waals surface area contributed by atoms with Crippen molar-refractivity contribution in [2.45, 2.75) is 19.4 Å². The summed E-state index contributed by atoms with van der Waals surface area (Å²) in [5.41, 5.74) is 3.96. The van der Waals surface area contributed by atoms with Crippen LogP contribution >= 0.6 is 0 Å². The second-order valence-electron chi connectivity index (χ2n) is 4.43. The molecule has 1 atom stereocenters. The summed E-state index contributed by atoms with van der Waals surface area (Å²) in [6.45, 7) is 1.84. The van der Waals surface area contributed by atoms with E-state index in [-0.39, 0.29) is 11.9 Å². The second-order valence-corrected chi connectivity index (χ2v) is 6.29. The number of sulfonamides is 1. The number of nitrogen functional groups attached to an aromatic ring is 1. The Morgan fingerprint density at radius 3 is 2.72 bits per heavy atom. The highest BCUT2D eigenvalue weighted by atomic mass is 32.2. The second kappa shape index (κ2) is 4.25. The Kier molecular flexibility index (Phi) is 3.04. The molecule has 98 valence electrons. The zero-order chi connectivity index (χ0) is 13.5. The van der Waals surface area contributed by atoms with E-state index >= 15 is 0 Å². The standard InChI is InChI=1S/C11H15N3O3S/c1-7-5-9-6-8(11(15)13-12)3-4-10(9)14(7)18(2,16)17/h3-4,6-7H,5,12H2,1-2H3,(H,13,15)/t7-/m0/s1. The third kappa shape index (κ3) is 2.06. The van der Waals surface area contributed by atoms with Crippen molar-refractivity contribution >= 4 is 21.6 Å². The fourth-order valence-electron chi connectivity index (χ4n) is 2.33. The van der Waals surface area contributed by atoms with E-state index in [1.165, 1.54) is 10.6 Å². The van der Waals surface area contributed by atoms with Crippen molar-refractivity contribution < 1.29 is 13.2 Å². The summed E-state index contributed by atoms with van der Waals surface area (Å²) < 4.78 is 24.8. The van der Waals surface area contributed by atoms with Gasteiger partial charge in [-0.3, -0.25) is 14.5 Å². The first kappa shape index (κ1) is 12.8. The first-order valence-electron chi connectivity index (χ1n) is 5.48. The molecule has 1 heterocycles. The molecule has 1 aliphatic heterocycles. The molecule has 0 aliphatic carbocycles. The number of anilines is 1. The number of hydrogen-bond donors (Lipinski definition) is 2. The van der Waals surface area contributed by atoms with Crippen molar-refractivity contribution in [2.75, 3.05) is 10.6 Å². The highest BCUT2D eigenvalue weighted by Crippen LogP contribution is 2.34. The minimum Gasteiger partial charge on any atom is -0.290 e. The molecular weight excluding hydrogens is 254 g/mol. The predicted octanol–water partition coefficient (Wildman–Crippen LogP) is 0.000700. The summed E-state index contributed by atoms with van der Waals surface area (Å²) in [6, 6.07) is 4.76. The van der Waals surface area contributed by atoms with Crippen molar-refractivity contribution in [3.63, 3.8) is 0 Å². The number of nitrogens with zero attached hydrogens (tertiary/aromatic N) is 1. The van der Waals surface area contributed by atoms with Gasteiger partial charge in [0.15, 0.2) is 0 Å². The lowest BCUT2D eigenvalue weighted by Gasteiger charge is -2.21. The summed E-state index contributed by atoms with van der Waals surface area (Å²) in [5.74, 6) is 4.68. The number of hydrazine groups is 1. The van der Waals surface area contributed by atoms with Gasteiger partial charge in [-0.2, -0.15) is 0 Å². The molecule has 2 rings (SSSR count). The number of rotatable bonds is 2. The zero-order valence-corrected chi connectivity index (χ0v) is 11.0. The maximum absolute atomic E-state index is 11.7. The number of benzene rings is 1. The topological polar surface area (TPSA) is 92.5 Å². The number of fused-ring (bicyclic) bond motifs is 1. The lowest BCUT2D eigenvalue weighted by Crippen LogP contribution is -2.34. The van der Waals surface area contributed by atoms with Crippen LogP contribution < -0.4 is 15.6 Å². The van der Waals surface area contributed by atoms with Crippen LogP contribution in [0, 0.1) is 0 Å². The van der Waals surface area contributed by atoms with Crippen LogP contribution in [0.5, 0.6) is 0 Å². The summed E-state index contributed by atoms with van der Waals surface area (Å²) in [6.07, 6.45) is 1.77. The van der Waals surface area contributed by atoms with Crippen LogP contribution in [-0.4, -0.2) is 26.6 Å². The number of carbonyl (C=O) groups excluding carboxylic acids is 1. The molecule has 0 bridgehead atoms. The lowest BCUT2D eigenvalue weighted by atomic mass is 10.1. The van der Waals surface area contributed by atoms with Gasteiger partial charge in [-0.05, 0) is 37.1 Å². The van der Waals surface area contributed by atoms with Crippen LogP contribution in [0.1, 0.15) is 22.8 Å². The summed E-state index contributed by atoms with van der Waals surface area (Å²) in [5, 5.41) is 0. The molecule has 0 saturated carbocycles. The predicted molar refractivity (Wildman–Crippen MR) is 68.6 cm³/mol. The zero-order valence-electron chi connectivity index (χ0n) is 10.2. The van der Waals surface area contributed by atoms with E-state index in [2.05, 4.69) is 5.43 Å². The van der Waals surface area contributed by atoms with E-state index in [1.54, 1.807) is 18.2 Å². The summed E-state index contributed by atoms with van der Waals surface area (Å²) in [4.78, 5) is 11.4. The maximum atomic E-state index is 11.7. The highest BCUT2D eigenvalue weighted by molar-refractivity contribution is 7.92. The van der Waals surface area contributed by atoms with Crippen LogP contribution in [0.25, 0.3) is 0 Å². The van der Waals surface area contributed by atoms with Gasteiger partial charge in [0, 0.05) is 11.6 Å². The van der Waals surface area contributed by atoms with E-state index in [0.717, 1.165) is 5.56 Å². The molecule has 0 saturated heterocycles. The molecule has 0 aromatic heterocycles. The van der Waals surface area contributed by atoms with Crippen LogP contribution in [-0.2, 0) is 16.4 Å². The minimum atomic E-state index is -3.30. The maximum Gasteiger partial charge on any atom is 0.265 e. The van der Waals surface area contributed by atoms with Gasteiger partial charge in [-0.15, -0.1) is 0 Å². The van der Waals surface area contributed by atoms with Gasteiger partial charge in [0.25, 0.3) is 5.91 Å². The summed E-state index contributed by atoms with van der Waals surface area (Å²) >= 11 is 0. The van der Waals surface area contributed by atoms with Crippen molar-refractivity contribution in [3.8, 4) is 0 Å². The highest BCUT2D eigenvalue weighted by Gasteiger charge is 2.32. The normalized spacial score (nSPS) is 18.6. The third-order valence-electron chi connectivity index (χ3n) is 2.98. The van der Waals surface area contributed by atoms with Crippen LogP contribution in [0.4, 0.5) is 5.69 Å². The number of hydrogen-bond acceptors (Lipinski definition) is 4. The molecule has 1 aromatic rings. The average molecular weight is 269 g/mol. The van der Waals surface area contributed by atoms with Gasteiger partial charge in [0.05, 0.1) is 11.9 Å². The minimum absolute atomic E-state index is 0.133. The fraction of sp³-hybridized carbons (Fsp3) is 0.364. The number of amides is 1. The Morgan fingerprint density at radius 2 is 2.17 bits per heavy atom. The number of nitrogens with one attached hydrogen (secondary N) is 1. The van der Waals surface area contributed by atoms with Gasteiger partial charge in [-0.25, -0.2) is 14.3 Å². The smallest absolute Gasteiger partial charge is 0.265 e. The first-order valence-corrected chi connectivity index (χ1v) is 7.32. The van der Waals surface area contributed by atoms with Crippen molar-refractivity contribution in [1.29, 1.82) is 0 Å². The quantitative estimate of drug-likeness (QED) is 0.449. The van der Waals surface area contributed by atoms with Gasteiger partial charge < -0.3 is 0 Å².